The Hall–Kier alpha value is -3.38. The number of hydrogen-bond donors (Lipinski definition) is 2. The summed E-state index contributed by atoms with van der Waals surface area (Å²) in [7, 11) is 2.10. The van der Waals surface area contributed by atoms with Crippen LogP contribution in [0.4, 0.5) is 0 Å². The zero-order valence-electron chi connectivity index (χ0n) is 16.9. The molecule has 6 heteroatoms. The van der Waals surface area contributed by atoms with Crippen LogP contribution in [-0.4, -0.2) is 58.9 Å². The number of para-hydroxylation sites is 1. The Bertz CT molecular complexity index is 1300. The van der Waals surface area contributed by atoms with E-state index in [2.05, 4.69) is 28.0 Å². The predicted molar refractivity (Wildman–Crippen MR) is 120 cm³/mol. The Morgan fingerprint density at radius 3 is 2.63 bits per heavy atom. The minimum absolute atomic E-state index is 0.103. The van der Waals surface area contributed by atoms with Gasteiger partial charge >= 0.3 is 5.69 Å². The number of nitrogens with one attached hydrogen (secondary N) is 2. The van der Waals surface area contributed by atoms with Gasteiger partial charge in [0.1, 0.15) is 0 Å². The number of benzene rings is 3. The van der Waals surface area contributed by atoms with Crippen LogP contribution < -0.4 is 5.69 Å². The number of aromatic amines is 2. The van der Waals surface area contributed by atoms with Gasteiger partial charge in [0.2, 0.25) is 0 Å². The Morgan fingerprint density at radius 2 is 1.73 bits per heavy atom. The lowest BCUT2D eigenvalue weighted by molar-refractivity contribution is 0.0763. The lowest BCUT2D eigenvalue weighted by Gasteiger charge is -2.20. The molecule has 6 nitrogen and oxygen atoms in total. The van der Waals surface area contributed by atoms with Gasteiger partial charge in [-0.1, -0.05) is 30.3 Å². The van der Waals surface area contributed by atoms with Crippen LogP contribution in [0, 0.1) is 0 Å². The number of fused-ring (bicyclic) bond motifs is 2. The monoisotopic (exact) mass is 400 g/mol. The first-order valence-corrected chi connectivity index (χ1v) is 10.3. The smallest absolute Gasteiger partial charge is 0.323 e. The molecule has 0 saturated carbocycles. The molecule has 1 aromatic heterocycles. The third-order valence-corrected chi connectivity index (χ3v) is 5.96. The number of aromatic nitrogens is 2. The van der Waals surface area contributed by atoms with Gasteiger partial charge < -0.3 is 19.8 Å². The van der Waals surface area contributed by atoms with E-state index in [9.17, 15) is 9.59 Å². The van der Waals surface area contributed by atoms with Crippen molar-refractivity contribution in [1.29, 1.82) is 0 Å². The molecular formula is C24H24N4O2. The molecule has 0 aliphatic carbocycles. The molecule has 3 aromatic carbocycles. The molecule has 1 amide bonds. The van der Waals surface area contributed by atoms with E-state index in [-0.39, 0.29) is 11.6 Å². The van der Waals surface area contributed by atoms with E-state index in [1.165, 1.54) is 0 Å². The molecule has 4 aromatic rings. The van der Waals surface area contributed by atoms with Crippen LogP contribution in [0.5, 0.6) is 0 Å². The number of hydrogen-bond acceptors (Lipinski definition) is 3. The standard InChI is InChI=1S/C24H24N4O2/c1-27-10-3-11-28(13-12-27)23(29)19-9-7-16-14-18(8-6-17(16)15-19)20-4-2-5-21-22(20)26-24(30)25-21/h2,4-9,14-15H,3,10-13H2,1H3,(H2,25,26,30). The van der Waals surface area contributed by atoms with Crippen LogP contribution in [0.3, 0.4) is 0 Å². The molecular weight excluding hydrogens is 376 g/mol. The molecule has 0 spiro atoms. The van der Waals surface area contributed by atoms with Gasteiger partial charge in [-0.15, -0.1) is 0 Å². The molecule has 5 rings (SSSR count). The van der Waals surface area contributed by atoms with E-state index < -0.39 is 0 Å². The van der Waals surface area contributed by atoms with Crippen molar-refractivity contribution in [2.45, 2.75) is 6.42 Å². The summed E-state index contributed by atoms with van der Waals surface area (Å²) >= 11 is 0. The first-order valence-electron chi connectivity index (χ1n) is 10.3. The Balaban J connectivity index is 1.48. The fourth-order valence-electron chi connectivity index (χ4n) is 4.28. The lowest BCUT2D eigenvalue weighted by Crippen LogP contribution is -2.34. The van der Waals surface area contributed by atoms with Crippen molar-refractivity contribution in [2.75, 3.05) is 33.2 Å². The molecule has 1 saturated heterocycles. The van der Waals surface area contributed by atoms with E-state index in [0.29, 0.717) is 0 Å². The van der Waals surface area contributed by atoms with Gasteiger partial charge in [-0.3, -0.25) is 4.79 Å². The zero-order chi connectivity index (χ0) is 20.7. The van der Waals surface area contributed by atoms with Crippen LogP contribution in [0.15, 0.2) is 59.4 Å². The largest absolute Gasteiger partial charge is 0.337 e. The number of carbonyl (C=O) groups is 1. The third kappa shape index (κ3) is 3.39. The molecule has 0 bridgehead atoms. The number of nitrogens with zero attached hydrogens (tertiary/aromatic N) is 2. The summed E-state index contributed by atoms with van der Waals surface area (Å²) in [5, 5.41) is 2.10. The van der Waals surface area contributed by atoms with E-state index in [1.807, 2.05) is 53.4 Å². The summed E-state index contributed by atoms with van der Waals surface area (Å²) in [5.41, 5.74) is 4.12. The maximum Gasteiger partial charge on any atom is 0.323 e. The van der Waals surface area contributed by atoms with Crippen molar-refractivity contribution in [3.05, 3.63) is 70.6 Å². The van der Waals surface area contributed by atoms with Gasteiger partial charge in [0.25, 0.3) is 5.91 Å². The molecule has 1 fully saturated rings. The van der Waals surface area contributed by atoms with Gasteiger partial charge in [-0.25, -0.2) is 4.79 Å². The van der Waals surface area contributed by atoms with Crippen LogP contribution in [-0.2, 0) is 0 Å². The highest BCUT2D eigenvalue weighted by molar-refractivity contribution is 6.00. The maximum atomic E-state index is 13.0. The summed E-state index contributed by atoms with van der Waals surface area (Å²) in [6, 6.07) is 17.9. The van der Waals surface area contributed by atoms with Crippen molar-refractivity contribution in [3.63, 3.8) is 0 Å². The highest BCUT2D eigenvalue weighted by Gasteiger charge is 2.19. The molecule has 30 heavy (non-hydrogen) atoms. The molecule has 2 N–H and O–H groups in total. The summed E-state index contributed by atoms with van der Waals surface area (Å²) in [4.78, 5) is 34.6. The van der Waals surface area contributed by atoms with Crippen molar-refractivity contribution < 1.29 is 4.79 Å². The number of amides is 1. The second-order valence-electron chi connectivity index (χ2n) is 8.03. The van der Waals surface area contributed by atoms with Crippen LogP contribution in [0.25, 0.3) is 32.9 Å². The Kier molecular flexibility index (Phi) is 4.64. The van der Waals surface area contributed by atoms with Crippen LogP contribution in [0.1, 0.15) is 16.8 Å². The van der Waals surface area contributed by atoms with E-state index >= 15 is 0 Å². The van der Waals surface area contributed by atoms with Crippen LogP contribution in [0.2, 0.25) is 0 Å². The Morgan fingerprint density at radius 1 is 0.900 bits per heavy atom. The van der Waals surface area contributed by atoms with Crippen LogP contribution >= 0.6 is 0 Å². The summed E-state index contributed by atoms with van der Waals surface area (Å²) in [5.74, 6) is 0.103. The highest BCUT2D eigenvalue weighted by atomic mass is 16.2. The zero-order valence-corrected chi connectivity index (χ0v) is 16.9. The summed E-state index contributed by atoms with van der Waals surface area (Å²) in [6.45, 7) is 3.52. The third-order valence-electron chi connectivity index (χ3n) is 5.96. The highest BCUT2D eigenvalue weighted by Crippen LogP contribution is 2.29. The number of imidazole rings is 1. The average Bonchev–Trinajstić information content (AvgIpc) is 3.01. The molecule has 0 radical (unpaired) electrons. The minimum atomic E-state index is -0.207. The van der Waals surface area contributed by atoms with E-state index in [1.54, 1.807) is 0 Å². The van der Waals surface area contributed by atoms with Crippen molar-refractivity contribution in [1.82, 2.24) is 19.8 Å². The quantitative estimate of drug-likeness (QED) is 0.541. The molecule has 2 heterocycles. The molecule has 0 unspecified atom stereocenters. The Labute approximate surface area is 174 Å². The lowest BCUT2D eigenvalue weighted by atomic mass is 9.99. The fraction of sp³-hybridized carbons (Fsp3) is 0.250. The van der Waals surface area contributed by atoms with E-state index in [0.717, 1.165) is 71.1 Å². The number of H-pyrrole nitrogens is 2. The normalized spacial score (nSPS) is 15.6. The second-order valence-corrected chi connectivity index (χ2v) is 8.03. The predicted octanol–water partition coefficient (Wildman–Crippen LogP) is 3.45. The van der Waals surface area contributed by atoms with Crippen molar-refractivity contribution in [3.8, 4) is 11.1 Å². The van der Waals surface area contributed by atoms with Gasteiger partial charge in [-0.05, 0) is 60.6 Å². The van der Waals surface area contributed by atoms with Gasteiger partial charge in [0.15, 0.2) is 0 Å². The number of likely N-dealkylation sites (N-methyl/N-ethyl adjacent to an activating group) is 1. The first-order chi connectivity index (χ1) is 14.6. The maximum absolute atomic E-state index is 13.0. The molecule has 152 valence electrons. The van der Waals surface area contributed by atoms with Gasteiger partial charge in [0, 0.05) is 30.8 Å². The van der Waals surface area contributed by atoms with Crippen molar-refractivity contribution >= 4 is 27.7 Å². The van der Waals surface area contributed by atoms with E-state index in [4.69, 9.17) is 0 Å². The molecule has 1 aliphatic heterocycles. The SMILES string of the molecule is CN1CCCN(C(=O)c2ccc3cc(-c4cccc5[nH]c(=O)[nH]c45)ccc3c2)CC1. The average molecular weight is 400 g/mol. The summed E-state index contributed by atoms with van der Waals surface area (Å²) in [6.07, 6.45) is 1.01. The minimum Gasteiger partial charge on any atom is -0.337 e. The molecule has 0 atom stereocenters. The number of carbonyl (C=O) groups excluding carboxylic acids is 1. The number of rotatable bonds is 2. The molecule has 1 aliphatic rings. The van der Waals surface area contributed by atoms with Gasteiger partial charge in [-0.2, -0.15) is 0 Å². The second kappa shape index (κ2) is 7.46. The van der Waals surface area contributed by atoms with Crippen molar-refractivity contribution in [2.24, 2.45) is 0 Å². The van der Waals surface area contributed by atoms with Gasteiger partial charge in [0.05, 0.1) is 11.0 Å². The topological polar surface area (TPSA) is 72.2 Å². The fourth-order valence-corrected chi connectivity index (χ4v) is 4.28. The first kappa shape index (κ1) is 18.6. The summed E-state index contributed by atoms with van der Waals surface area (Å²) < 4.78 is 0.